The van der Waals surface area contributed by atoms with Gasteiger partial charge in [0.15, 0.2) is 0 Å². The van der Waals surface area contributed by atoms with Crippen molar-refractivity contribution in [2.45, 2.75) is 39.5 Å². The van der Waals surface area contributed by atoms with Gasteiger partial charge in [-0.15, -0.1) is 0 Å². The lowest BCUT2D eigenvalue weighted by atomic mass is 10.1. The molecule has 1 saturated heterocycles. The maximum atomic E-state index is 9.19. The van der Waals surface area contributed by atoms with Crippen LogP contribution in [-0.2, 0) is 10.1 Å². The van der Waals surface area contributed by atoms with Crippen molar-refractivity contribution in [1.29, 1.82) is 0 Å². The molecule has 98 valence electrons. The van der Waals surface area contributed by atoms with Gasteiger partial charge in [0.2, 0.25) is 0 Å². The van der Waals surface area contributed by atoms with Crippen LogP contribution in [0, 0.1) is 5.92 Å². The molecule has 4 nitrogen and oxygen atoms in total. The first kappa shape index (κ1) is 15.9. The topological polar surface area (TPSA) is 57.6 Å². The SMILES string of the molecule is CCCCN1CCC(CC)C1.CS(=O)(=O)O. The summed E-state index contributed by atoms with van der Waals surface area (Å²) in [5, 5.41) is 0. The van der Waals surface area contributed by atoms with Gasteiger partial charge in [0.1, 0.15) is 0 Å². The average Bonchev–Trinajstić information content (AvgIpc) is 2.59. The van der Waals surface area contributed by atoms with E-state index in [1.54, 1.807) is 0 Å². The van der Waals surface area contributed by atoms with Crippen molar-refractivity contribution in [2.75, 3.05) is 25.9 Å². The van der Waals surface area contributed by atoms with Crippen LogP contribution >= 0.6 is 0 Å². The molecule has 0 bridgehead atoms. The molecule has 0 aromatic carbocycles. The molecule has 1 aliphatic rings. The molecule has 0 radical (unpaired) electrons. The van der Waals surface area contributed by atoms with Crippen LogP contribution in [-0.4, -0.2) is 43.8 Å². The third-order valence-electron chi connectivity index (χ3n) is 2.78. The molecule has 16 heavy (non-hydrogen) atoms. The minimum atomic E-state index is -3.67. The highest BCUT2D eigenvalue weighted by Crippen LogP contribution is 2.18. The van der Waals surface area contributed by atoms with E-state index in [1.807, 2.05) is 0 Å². The standard InChI is InChI=1S/C10H21N.CH4O3S/c1-3-5-7-11-8-6-10(4-2)9-11;1-5(2,3)4/h10H,3-9H2,1-2H3;1H3,(H,2,3,4). The van der Waals surface area contributed by atoms with Crippen molar-refractivity contribution < 1.29 is 13.0 Å². The van der Waals surface area contributed by atoms with Gasteiger partial charge in [-0.2, -0.15) is 8.42 Å². The summed E-state index contributed by atoms with van der Waals surface area (Å²) in [6, 6.07) is 0. The molecule has 5 heteroatoms. The molecule has 0 aromatic heterocycles. The molecule has 0 aromatic rings. The van der Waals surface area contributed by atoms with Crippen molar-refractivity contribution >= 4 is 10.1 Å². The molecule has 1 N–H and O–H groups in total. The summed E-state index contributed by atoms with van der Waals surface area (Å²) in [6.07, 6.45) is 6.26. The second-order valence-electron chi connectivity index (χ2n) is 4.45. The number of nitrogens with zero attached hydrogens (tertiary/aromatic N) is 1. The van der Waals surface area contributed by atoms with Crippen LogP contribution in [0.15, 0.2) is 0 Å². The molecule has 1 heterocycles. The van der Waals surface area contributed by atoms with Gasteiger partial charge in [0, 0.05) is 6.54 Å². The Hall–Kier alpha value is -0.130. The van der Waals surface area contributed by atoms with Gasteiger partial charge in [-0.1, -0.05) is 26.7 Å². The van der Waals surface area contributed by atoms with Crippen molar-refractivity contribution in [3.63, 3.8) is 0 Å². The normalized spacial score (nSPS) is 21.6. The van der Waals surface area contributed by atoms with E-state index < -0.39 is 10.1 Å². The minimum absolute atomic E-state index is 0.715. The van der Waals surface area contributed by atoms with Crippen LogP contribution in [0.4, 0.5) is 0 Å². The molecule has 1 fully saturated rings. The number of hydrogen-bond donors (Lipinski definition) is 1. The highest BCUT2D eigenvalue weighted by molar-refractivity contribution is 7.85. The van der Waals surface area contributed by atoms with E-state index in [4.69, 9.17) is 4.55 Å². The Labute approximate surface area is 99.8 Å². The van der Waals surface area contributed by atoms with Crippen molar-refractivity contribution in [3.8, 4) is 0 Å². The Morgan fingerprint density at radius 1 is 1.38 bits per heavy atom. The van der Waals surface area contributed by atoms with E-state index in [0.29, 0.717) is 6.26 Å². The molecule has 1 atom stereocenters. The van der Waals surface area contributed by atoms with Crippen molar-refractivity contribution in [2.24, 2.45) is 5.92 Å². The summed E-state index contributed by atoms with van der Waals surface area (Å²) in [5.74, 6) is 1.01. The molecule has 1 aliphatic heterocycles. The summed E-state index contributed by atoms with van der Waals surface area (Å²) in [5.41, 5.74) is 0. The average molecular weight is 251 g/mol. The maximum Gasteiger partial charge on any atom is 0.261 e. The zero-order valence-corrected chi connectivity index (χ0v) is 11.5. The summed E-state index contributed by atoms with van der Waals surface area (Å²) in [6.45, 7) is 8.66. The second-order valence-corrected chi connectivity index (χ2v) is 5.92. The van der Waals surface area contributed by atoms with Gasteiger partial charge >= 0.3 is 0 Å². The zero-order valence-electron chi connectivity index (χ0n) is 10.6. The highest BCUT2D eigenvalue weighted by atomic mass is 32.2. The fraction of sp³-hybridized carbons (Fsp3) is 1.00. The van der Waals surface area contributed by atoms with E-state index in [-0.39, 0.29) is 0 Å². The monoisotopic (exact) mass is 251 g/mol. The van der Waals surface area contributed by atoms with Crippen LogP contribution in [0.1, 0.15) is 39.5 Å². The van der Waals surface area contributed by atoms with Crippen molar-refractivity contribution in [1.82, 2.24) is 4.90 Å². The Bertz CT molecular complexity index is 256. The first-order valence-electron chi connectivity index (χ1n) is 6.01. The first-order valence-corrected chi connectivity index (χ1v) is 7.86. The predicted octanol–water partition coefficient (Wildman–Crippen LogP) is 2.02. The maximum absolute atomic E-state index is 9.19. The smallest absolute Gasteiger partial charge is 0.261 e. The number of rotatable bonds is 4. The van der Waals surface area contributed by atoms with Crippen molar-refractivity contribution in [3.05, 3.63) is 0 Å². The Morgan fingerprint density at radius 3 is 2.31 bits per heavy atom. The Balaban J connectivity index is 0.000000385. The fourth-order valence-corrected chi connectivity index (χ4v) is 1.83. The van der Waals surface area contributed by atoms with Crippen LogP contribution in [0.2, 0.25) is 0 Å². The van der Waals surface area contributed by atoms with E-state index in [2.05, 4.69) is 18.7 Å². The van der Waals surface area contributed by atoms with Gasteiger partial charge in [0.05, 0.1) is 6.26 Å². The molecule has 0 saturated carbocycles. The van der Waals surface area contributed by atoms with Gasteiger partial charge in [-0.25, -0.2) is 0 Å². The second kappa shape index (κ2) is 8.03. The molecular formula is C11H25NO3S. The highest BCUT2D eigenvalue weighted by Gasteiger charge is 2.19. The van der Waals surface area contributed by atoms with E-state index in [9.17, 15) is 8.42 Å². The number of unbranched alkanes of at least 4 members (excludes halogenated alkanes) is 1. The third kappa shape index (κ3) is 10.4. The van der Waals surface area contributed by atoms with E-state index in [0.717, 1.165) is 5.92 Å². The molecule has 1 unspecified atom stereocenters. The van der Waals surface area contributed by atoms with Gasteiger partial charge in [0.25, 0.3) is 10.1 Å². The van der Waals surface area contributed by atoms with Crippen LogP contribution in [0.3, 0.4) is 0 Å². The summed E-state index contributed by atoms with van der Waals surface area (Å²) in [4.78, 5) is 2.62. The lowest BCUT2D eigenvalue weighted by Crippen LogP contribution is -2.21. The zero-order chi connectivity index (χ0) is 12.6. The molecule has 0 spiro atoms. The van der Waals surface area contributed by atoms with Gasteiger partial charge < -0.3 is 4.90 Å². The third-order valence-corrected chi connectivity index (χ3v) is 2.78. The minimum Gasteiger partial charge on any atom is -0.303 e. The van der Waals surface area contributed by atoms with Gasteiger partial charge in [-0.05, 0) is 31.8 Å². The molecule has 0 aliphatic carbocycles. The molecule has 1 rings (SSSR count). The number of hydrogen-bond acceptors (Lipinski definition) is 3. The predicted molar refractivity (Wildman–Crippen MR) is 67.2 cm³/mol. The lowest BCUT2D eigenvalue weighted by molar-refractivity contribution is 0.317. The van der Waals surface area contributed by atoms with Crippen LogP contribution in [0.5, 0.6) is 0 Å². The van der Waals surface area contributed by atoms with Crippen LogP contribution in [0.25, 0.3) is 0 Å². The van der Waals surface area contributed by atoms with E-state index >= 15 is 0 Å². The summed E-state index contributed by atoms with van der Waals surface area (Å²) >= 11 is 0. The van der Waals surface area contributed by atoms with Crippen LogP contribution < -0.4 is 0 Å². The summed E-state index contributed by atoms with van der Waals surface area (Å²) in [7, 11) is -3.67. The molecular weight excluding hydrogens is 226 g/mol. The number of likely N-dealkylation sites (tertiary alicyclic amines) is 1. The Morgan fingerprint density at radius 2 is 1.94 bits per heavy atom. The quantitative estimate of drug-likeness (QED) is 0.777. The Kier molecular flexibility index (Phi) is 7.97. The summed E-state index contributed by atoms with van der Waals surface area (Å²) < 4.78 is 25.9. The van der Waals surface area contributed by atoms with E-state index in [1.165, 1.54) is 45.3 Å². The first-order chi connectivity index (χ1) is 7.36. The fourth-order valence-electron chi connectivity index (χ4n) is 1.83. The van der Waals surface area contributed by atoms with Gasteiger partial charge in [-0.3, -0.25) is 4.55 Å². The molecule has 0 amide bonds. The lowest BCUT2D eigenvalue weighted by Gasteiger charge is -2.14. The largest absolute Gasteiger partial charge is 0.303 e.